The highest BCUT2D eigenvalue weighted by Crippen LogP contribution is 2.14. The van der Waals surface area contributed by atoms with Crippen LogP contribution in [0.15, 0.2) is 0 Å². The van der Waals surface area contributed by atoms with E-state index >= 15 is 0 Å². The lowest BCUT2D eigenvalue weighted by atomic mass is 10.0. The number of hydrogen-bond donors (Lipinski definition) is 0. The number of Topliss-reactive ketones (excluding diaryl/α,β-unsaturated/α-hetero) is 1. The van der Waals surface area contributed by atoms with Crippen molar-refractivity contribution in [1.82, 2.24) is 9.80 Å². The van der Waals surface area contributed by atoms with Crippen molar-refractivity contribution < 1.29 is 19.1 Å². The van der Waals surface area contributed by atoms with Crippen molar-refractivity contribution in [2.24, 2.45) is 5.92 Å². The molecular formula is C11H16N2O4. The van der Waals surface area contributed by atoms with E-state index in [1.54, 1.807) is 7.05 Å². The van der Waals surface area contributed by atoms with Crippen LogP contribution in [0.2, 0.25) is 0 Å². The van der Waals surface area contributed by atoms with Gasteiger partial charge in [-0.2, -0.15) is 0 Å². The van der Waals surface area contributed by atoms with Gasteiger partial charge >= 0.3 is 0 Å². The Kier molecular flexibility index (Phi) is 3.42. The molecular weight excluding hydrogens is 224 g/mol. The highest BCUT2D eigenvalue weighted by molar-refractivity contribution is 5.95. The van der Waals surface area contributed by atoms with Crippen LogP contribution >= 0.6 is 0 Å². The van der Waals surface area contributed by atoms with Crippen LogP contribution < -0.4 is 0 Å². The van der Waals surface area contributed by atoms with Gasteiger partial charge in [-0.25, -0.2) is 0 Å². The Balaban J connectivity index is 1.91. The molecule has 1 atom stereocenters. The Bertz CT molecular complexity index is 349. The number of piperazine rings is 1. The second-order valence-electron chi connectivity index (χ2n) is 4.53. The zero-order valence-corrected chi connectivity index (χ0v) is 9.85. The smallest absolute Gasteiger partial charge is 0.243 e. The maximum Gasteiger partial charge on any atom is 0.243 e. The first-order valence-corrected chi connectivity index (χ1v) is 5.70. The van der Waals surface area contributed by atoms with E-state index in [0.717, 1.165) is 0 Å². The first-order valence-electron chi connectivity index (χ1n) is 5.70. The molecule has 2 aliphatic rings. The molecule has 0 N–H and O–H groups in total. The van der Waals surface area contributed by atoms with Crippen molar-refractivity contribution in [3.63, 3.8) is 0 Å². The second kappa shape index (κ2) is 4.83. The van der Waals surface area contributed by atoms with Crippen LogP contribution in [0, 0.1) is 5.92 Å². The van der Waals surface area contributed by atoms with Crippen molar-refractivity contribution in [2.45, 2.75) is 6.42 Å². The van der Waals surface area contributed by atoms with Crippen LogP contribution in [0.4, 0.5) is 0 Å². The maximum absolute atomic E-state index is 11.8. The molecule has 0 aliphatic carbocycles. The maximum atomic E-state index is 11.8. The molecule has 0 aromatic rings. The average molecular weight is 240 g/mol. The van der Waals surface area contributed by atoms with Crippen LogP contribution in [0.3, 0.4) is 0 Å². The average Bonchev–Trinajstić information content (AvgIpc) is 2.79. The van der Waals surface area contributed by atoms with Crippen molar-refractivity contribution in [2.75, 3.05) is 39.9 Å². The molecule has 1 unspecified atom stereocenters. The molecule has 0 radical (unpaired) electrons. The molecule has 2 rings (SSSR count). The number of nitrogens with zero attached hydrogens (tertiary/aromatic N) is 2. The van der Waals surface area contributed by atoms with Crippen molar-refractivity contribution in [3.8, 4) is 0 Å². The molecule has 2 amide bonds. The first kappa shape index (κ1) is 12.0. The van der Waals surface area contributed by atoms with Crippen LogP contribution in [0.5, 0.6) is 0 Å². The number of amides is 2. The zero-order valence-electron chi connectivity index (χ0n) is 9.85. The molecule has 2 saturated heterocycles. The van der Waals surface area contributed by atoms with E-state index in [-0.39, 0.29) is 43.1 Å². The SMILES string of the molecule is CN1CC(=O)N(CC(=O)C2CCOC2)CC1=O. The van der Waals surface area contributed by atoms with E-state index in [0.29, 0.717) is 19.6 Å². The van der Waals surface area contributed by atoms with E-state index in [2.05, 4.69) is 0 Å². The topological polar surface area (TPSA) is 66.9 Å². The lowest BCUT2D eigenvalue weighted by molar-refractivity contribution is -0.150. The normalized spacial score (nSPS) is 25.6. The van der Waals surface area contributed by atoms with Crippen LogP contribution in [0.25, 0.3) is 0 Å². The Morgan fingerprint density at radius 1 is 1.35 bits per heavy atom. The third kappa shape index (κ3) is 2.63. The third-order valence-corrected chi connectivity index (χ3v) is 3.21. The minimum atomic E-state index is -0.167. The third-order valence-electron chi connectivity index (χ3n) is 3.21. The van der Waals surface area contributed by atoms with Crippen molar-refractivity contribution in [3.05, 3.63) is 0 Å². The van der Waals surface area contributed by atoms with Gasteiger partial charge in [-0.1, -0.05) is 0 Å². The fraction of sp³-hybridized carbons (Fsp3) is 0.727. The lowest BCUT2D eigenvalue weighted by Crippen LogP contribution is -2.53. The molecule has 0 bridgehead atoms. The van der Waals surface area contributed by atoms with Gasteiger partial charge in [-0.15, -0.1) is 0 Å². The minimum Gasteiger partial charge on any atom is -0.381 e. The van der Waals surface area contributed by atoms with Gasteiger partial charge in [0.2, 0.25) is 11.8 Å². The van der Waals surface area contributed by atoms with E-state index in [1.165, 1.54) is 9.80 Å². The molecule has 0 saturated carbocycles. The van der Waals surface area contributed by atoms with E-state index < -0.39 is 0 Å². The molecule has 0 spiro atoms. The standard InChI is InChI=1S/C11H16N2O4/c1-12-5-11(16)13(6-10(12)15)4-9(14)8-2-3-17-7-8/h8H,2-7H2,1H3. The largest absolute Gasteiger partial charge is 0.381 e. The summed E-state index contributed by atoms with van der Waals surface area (Å²) < 4.78 is 5.13. The van der Waals surface area contributed by atoms with Gasteiger partial charge < -0.3 is 14.5 Å². The quantitative estimate of drug-likeness (QED) is 0.627. The van der Waals surface area contributed by atoms with Gasteiger partial charge in [0.15, 0.2) is 5.78 Å². The Morgan fingerprint density at radius 3 is 2.76 bits per heavy atom. The highest BCUT2D eigenvalue weighted by atomic mass is 16.5. The number of carbonyl (C=O) groups excluding carboxylic acids is 3. The fourth-order valence-electron chi connectivity index (χ4n) is 2.01. The van der Waals surface area contributed by atoms with Gasteiger partial charge in [0.1, 0.15) is 6.54 Å². The van der Waals surface area contributed by atoms with Crippen LogP contribution in [-0.2, 0) is 19.1 Å². The summed E-state index contributed by atoms with van der Waals surface area (Å²) in [6.45, 7) is 1.15. The Labute approximate surface area is 99.5 Å². The fourth-order valence-corrected chi connectivity index (χ4v) is 2.01. The van der Waals surface area contributed by atoms with Crippen LogP contribution in [-0.4, -0.2) is 67.3 Å². The lowest BCUT2D eigenvalue weighted by Gasteiger charge is -2.31. The monoisotopic (exact) mass is 240 g/mol. The summed E-state index contributed by atoms with van der Waals surface area (Å²) in [5.41, 5.74) is 0. The molecule has 2 aliphatic heterocycles. The molecule has 17 heavy (non-hydrogen) atoms. The Hall–Kier alpha value is -1.43. The highest BCUT2D eigenvalue weighted by Gasteiger charge is 2.31. The predicted octanol–water partition coefficient (Wildman–Crippen LogP) is -1.11. The number of hydrogen-bond acceptors (Lipinski definition) is 4. The van der Waals surface area contributed by atoms with Crippen LogP contribution in [0.1, 0.15) is 6.42 Å². The molecule has 6 nitrogen and oxygen atoms in total. The van der Waals surface area contributed by atoms with Crippen molar-refractivity contribution >= 4 is 17.6 Å². The minimum absolute atomic E-state index is 0.00629. The Morgan fingerprint density at radius 2 is 2.12 bits per heavy atom. The second-order valence-corrected chi connectivity index (χ2v) is 4.53. The van der Waals surface area contributed by atoms with E-state index in [1.807, 2.05) is 0 Å². The summed E-state index contributed by atoms with van der Waals surface area (Å²) in [5, 5.41) is 0. The molecule has 2 fully saturated rings. The summed E-state index contributed by atoms with van der Waals surface area (Å²) in [6, 6.07) is 0. The summed E-state index contributed by atoms with van der Waals surface area (Å²) in [7, 11) is 1.59. The summed E-state index contributed by atoms with van der Waals surface area (Å²) in [6.07, 6.45) is 0.717. The first-order chi connectivity index (χ1) is 8.08. The van der Waals surface area contributed by atoms with Gasteiger partial charge in [0.05, 0.1) is 19.7 Å². The van der Waals surface area contributed by atoms with Gasteiger partial charge in [0, 0.05) is 19.6 Å². The van der Waals surface area contributed by atoms with Gasteiger partial charge in [0.25, 0.3) is 0 Å². The summed E-state index contributed by atoms with van der Waals surface area (Å²) in [4.78, 5) is 37.7. The number of rotatable bonds is 3. The zero-order chi connectivity index (χ0) is 12.4. The molecule has 0 aromatic heterocycles. The van der Waals surface area contributed by atoms with E-state index in [9.17, 15) is 14.4 Å². The summed E-state index contributed by atoms with van der Waals surface area (Å²) in [5.74, 6) is -0.412. The molecule has 0 aromatic carbocycles. The van der Waals surface area contributed by atoms with Gasteiger partial charge in [-0.3, -0.25) is 14.4 Å². The summed E-state index contributed by atoms with van der Waals surface area (Å²) >= 11 is 0. The molecule has 2 heterocycles. The number of carbonyl (C=O) groups is 3. The molecule has 94 valence electrons. The molecule has 6 heteroatoms. The number of ether oxygens (including phenoxy) is 1. The number of likely N-dealkylation sites (N-methyl/N-ethyl adjacent to an activating group) is 1. The number of ketones is 1. The predicted molar refractivity (Wildman–Crippen MR) is 58.2 cm³/mol. The van der Waals surface area contributed by atoms with Gasteiger partial charge in [-0.05, 0) is 6.42 Å². The van der Waals surface area contributed by atoms with Crippen molar-refractivity contribution in [1.29, 1.82) is 0 Å². The van der Waals surface area contributed by atoms with E-state index in [4.69, 9.17) is 4.74 Å².